The average molecular weight is 546 g/mol. The number of pyridine rings is 1. The first-order valence-electron chi connectivity index (χ1n) is 12.6. The highest BCUT2D eigenvalue weighted by Crippen LogP contribution is 2.25. The van der Waals surface area contributed by atoms with Gasteiger partial charge >= 0.3 is 0 Å². The summed E-state index contributed by atoms with van der Waals surface area (Å²) in [5.74, 6) is 0.0337. The van der Waals surface area contributed by atoms with Gasteiger partial charge < -0.3 is 20.8 Å². The highest BCUT2D eigenvalue weighted by atomic mass is 32.2. The number of ketones is 1. The first-order valence-corrected chi connectivity index (χ1v) is 14.0. The second kappa shape index (κ2) is 12.8. The quantitative estimate of drug-likeness (QED) is 0.478. The fraction of sp³-hybridized carbons (Fsp3) is 0.462. The Bertz CT molecular complexity index is 1270. The number of rotatable bonds is 7. The maximum absolute atomic E-state index is 12.4. The number of anilines is 1. The maximum atomic E-state index is 12.4. The highest BCUT2D eigenvalue weighted by Gasteiger charge is 2.33. The van der Waals surface area contributed by atoms with Crippen LogP contribution >= 0.6 is 0 Å². The summed E-state index contributed by atoms with van der Waals surface area (Å²) in [5.41, 5.74) is 6.08. The number of Topliss-reactive ketones (excluding diaryl/α,β-unsaturated/α-hetero) is 1. The Morgan fingerprint density at radius 1 is 1.32 bits per heavy atom. The van der Waals surface area contributed by atoms with Crippen molar-refractivity contribution in [2.24, 2.45) is 11.7 Å². The molecule has 0 radical (unpaired) electrons. The molecule has 12 heteroatoms. The molecule has 2 atom stereocenters. The molecule has 4 N–H and O–H groups in total. The Kier molecular flexibility index (Phi) is 9.81. The fourth-order valence-electron chi connectivity index (χ4n) is 4.15. The molecule has 38 heavy (non-hydrogen) atoms. The number of carbonyl (C=O) groups is 3. The van der Waals surface area contributed by atoms with Crippen molar-refractivity contribution in [3.05, 3.63) is 48.1 Å². The first-order chi connectivity index (χ1) is 18.0. The van der Waals surface area contributed by atoms with Crippen LogP contribution in [0.3, 0.4) is 0 Å². The normalized spacial score (nSPS) is 18.4. The third-order valence-electron chi connectivity index (χ3n) is 6.13. The van der Waals surface area contributed by atoms with Crippen LogP contribution in [0.4, 0.5) is 5.69 Å². The molecule has 4 heterocycles. The Hall–Kier alpha value is -3.51. The number of carbonyl (C=O) groups excluding carboxylic acids is 3. The molecule has 1 saturated heterocycles. The topological polar surface area (TPSA) is 165 Å². The molecular weight excluding hydrogens is 510 g/mol. The van der Waals surface area contributed by atoms with Crippen LogP contribution in [0.15, 0.2) is 46.0 Å². The zero-order valence-corrected chi connectivity index (χ0v) is 22.7. The van der Waals surface area contributed by atoms with Crippen molar-refractivity contribution in [3.8, 4) is 0 Å². The standard InChI is InChI=1S/C14H19N3O3.C12H16N2O3S/c1-8(2)6-10(13(15)18)17-14(19)12-7-9-11(20-12)4-3-5-16-9;1-10-5-4-6-11(15)9-14(10)18(16,17)12-7-2-3-8-13-12/h3-4,7-8,10,16H,5-6H2,1-2H3,(H2,15,18)(H,17,19);2-3,7-8,10H,4-6,9H2,1H3/t;10-/m.1/s1. The molecule has 2 amide bonds. The van der Waals surface area contributed by atoms with E-state index in [-0.39, 0.29) is 35.1 Å². The van der Waals surface area contributed by atoms with E-state index in [1.54, 1.807) is 18.2 Å². The van der Waals surface area contributed by atoms with Gasteiger partial charge in [-0.25, -0.2) is 13.4 Å². The van der Waals surface area contributed by atoms with Crippen molar-refractivity contribution in [3.63, 3.8) is 0 Å². The molecule has 1 fully saturated rings. The summed E-state index contributed by atoms with van der Waals surface area (Å²) in [5, 5.41) is 5.71. The number of furan rings is 1. The van der Waals surface area contributed by atoms with Crippen LogP contribution in [-0.2, 0) is 19.6 Å². The predicted octanol–water partition coefficient (Wildman–Crippen LogP) is 2.56. The number of hydrogen-bond donors (Lipinski definition) is 3. The van der Waals surface area contributed by atoms with Gasteiger partial charge in [-0.3, -0.25) is 14.4 Å². The van der Waals surface area contributed by atoms with E-state index in [1.165, 1.54) is 16.6 Å². The lowest BCUT2D eigenvalue weighted by Gasteiger charge is -2.24. The van der Waals surface area contributed by atoms with Gasteiger partial charge in [0.2, 0.25) is 5.91 Å². The number of hydrogen-bond acceptors (Lipinski definition) is 8. The molecule has 0 bridgehead atoms. The molecule has 206 valence electrons. The maximum Gasteiger partial charge on any atom is 0.287 e. The lowest BCUT2D eigenvalue weighted by atomic mass is 10.0. The van der Waals surface area contributed by atoms with E-state index in [9.17, 15) is 22.8 Å². The second-order valence-electron chi connectivity index (χ2n) is 9.73. The van der Waals surface area contributed by atoms with Crippen molar-refractivity contribution in [2.45, 2.75) is 63.6 Å². The Morgan fingerprint density at radius 2 is 2.08 bits per heavy atom. The summed E-state index contributed by atoms with van der Waals surface area (Å²) < 4.78 is 31.5. The van der Waals surface area contributed by atoms with E-state index in [0.717, 1.165) is 12.1 Å². The van der Waals surface area contributed by atoms with Gasteiger partial charge in [0, 0.05) is 31.3 Å². The highest BCUT2D eigenvalue weighted by molar-refractivity contribution is 7.89. The second-order valence-corrected chi connectivity index (χ2v) is 11.6. The minimum atomic E-state index is -3.67. The number of aromatic nitrogens is 1. The molecule has 4 rings (SSSR count). The van der Waals surface area contributed by atoms with E-state index >= 15 is 0 Å². The molecule has 1 unspecified atom stereocenters. The number of primary amides is 1. The van der Waals surface area contributed by atoms with Crippen LogP contribution in [0.1, 0.15) is 62.8 Å². The van der Waals surface area contributed by atoms with Gasteiger partial charge in [-0.05, 0) is 50.3 Å². The van der Waals surface area contributed by atoms with Gasteiger partial charge in [-0.1, -0.05) is 26.0 Å². The Labute approximate surface area is 222 Å². The van der Waals surface area contributed by atoms with Gasteiger partial charge in [-0.15, -0.1) is 0 Å². The molecule has 0 saturated carbocycles. The van der Waals surface area contributed by atoms with Crippen LogP contribution in [0.25, 0.3) is 6.08 Å². The van der Waals surface area contributed by atoms with Crippen molar-refractivity contribution in [2.75, 3.05) is 18.4 Å². The van der Waals surface area contributed by atoms with Crippen molar-refractivity contribution < 1.29 is 27.2 Å². The minimum absolute atomic E-state index is 0.00606. The van der Waals surface area contributed by atoms with Gasteiger partial charge in [0.05, 0.1) is 12.2 Å². The average Bonchev–Trinajstić information content (AvgIpc) is 3.24. The molecular formula is C26H35N5O6S. The monoisotopic (exact) mass is 545 g/mol. The number of nitrogens with two attached hydrogens (primary N) is 1. The van der Waals surface area contributed by atoms with E-state index < -0.39 is 27.9 Å². The Morgan fingerprint density at radius 3 is 2.71 bits per heavy atom. The summed E-state index contributed by atoms with van der Waals surface area (Å²) in [6.07, 6.45) is 7.56. The smallest absolute Gasteiger partial charge is 0.287 e. The minimum Gasteiger partial charge on any atom is -0.449 e. The Balaban J connectivity index is 0.000000212. The third kappa shape index (κ3) is 7.51. The van der Waals surface area contributed by atoms with Gasteiger partial charge in [0.15, 0.2) is 16.5 Å². The van der Waals surface area contributed by atoms with E-state index in [1.807, 2.05) is 32.9 Å². The van der Waals surface area contributed by atoms with Crippen molar-refractivity contribution in [1.29, 1.82) is 0 Å². The van der Waals surface area contributed by atoms with Crippen molar-refractivity contribution >= 4 is 39.4 Å². The number of nitrogens with one attached hydrogen (secondary N) is 2. The predicted molar refractivity (Wildman–Crippen MR) is 143 cm³/mol. The van der Waals surface area contributed by atoms with Crippen LogP contribution in [0, 0.1) is 5.92 Å². The molecule has 2 aromatic rings. The van der Waals surface area contributed by atoms with Gasteiger partial charge in [0.1, 0.15) is 11.8 Å². The molecule has 0 aliphatic carbocycles. The summed E-state index contributed by atoms with van der Waals surface area (Å²) in [7, 11) is -3.67. The number of fused-ring (bicyclic) bond motifs is 1. The van der Waals surface area contributed by atoms with Crippen LogP contribution < -0.4 is 16.4 Å². The summed E-state index contributed by atoms with van der Waals surface area (Å²) in [6.45, 7) is 6.41. The van der Waals surface area contributed by atoms with Gasteiger partial charge in [-0.2, -0.15) is 4.31 Å². The zero-order chi connectivity index (χ0) is 27.9. The molecule has 2 aliphatic heterocycles. The first kappa shape index (κ1) is 29.1. The molecule has 0 spiro atoms. The van der Waals surface area contributed by atoms with E-state index in [0.29, 0.717) is 31.6 Å². The van der Waals surface area contributed by atoms with E-state index in [2.05, 4.69) is 15.6 Å². The lowest BCUT2D eigenvalue weighted by molar-refractivity contribution is -0.120. The fourth-order valence-corrected chi connectivity index (χ4v) is 5.73. The summed E-state index contributed by atoms with van der Waals surface area (Å²) in [4.78, 5) is 38.9. The SMILES string of the molecule is CC(C)CC(NC(=O)c1cc2c(o1)C=CCN2)C(N)=O.C[C@@H]1CCCC(=O)CN1S(=O)(=O)c1ccccn1. The number of sulfonamides is 1. The van der Waals surface area contributed by atoms with Crippen LogP contribution in [0.5, 0.6) is 0 Å². The molecule has 2 aliphatic rings. The molecule has 2 aromatic heterocycles. The van der Waals surface area contributed by atoms with Gasteiger partial charge in [0.25, 0.3) is 15.9 Å². The number of nitrogens with zero attached hydrogens (tertiary/aromatic N) is 2. The summed E-state index contributed by atoms with van der Waals surface area (Å²) >= 11 is 0. The largest absolute Gasteiger partial charge is 0.449 e. The van der Waals surface area contributed by atoms with Crippen molar-refractivity contribution in [1.82, 2.24) is 14.6 Å². The van der Waals surface area contributed by atoms with Crippen LogP contribution in [-0.4, -0.2) is 60.5 Å². The zero-order valence-electron chi connectivity index (χ0n) is 21.8. The third-order valence-corrected chi connectivity index (χ3v) is 8.01. The lowest BCUT2D eigenvalue weighted by Crippen LogP contribution is -2.45. The van der Waals surface area contributed by atoms with Crippen LogP contribution in [0.2, 0.25) is 0 Å². The molecule has 0 aromatic carbocycles. The van der Waals surface area contributed by atoms with E-state index in [4.69, 9.17) is 10.2 Å². The molecule has 11 nitrogen and oxygen atoms in total. The number of amides is 2. The summed E-state index contributed by atoms with van der Waals surface area (Å²) in [6, 6.07) is 5.52.